The van der Waals surface area contributed by atoms with E-state index in [9.17, 15) is 9.90 Å². The second-order valence-corrected chi connectivity index (χ2v) is 5.59. The third kappa shape index (κ3) is 3.48. The van der Waals surface area contributed by atoms with Crippen LogP contribution in [0.4, 0.5) is 0 Å². The van der Waals surface area contributed by atoms with Crippen molar-refractivity contribution in [2.45, 2.75) is 26.2 Å². The lowest BCUT2D eigenvalue weighted by Gasteiger charge is -2.39. The van der Waals surface area contributed by atoms with Crippen molar-refractivity contribution in [1.29, 1.82) is 0 Å². The summed E-state index contributed by atoms with van der Waals surface area (Å²) >= 11 is 0. The minimum absolute atomic E-state index is 0.543. The van der Waals surface area contributed by atoms with Crippen molar-refractivity contribution in [3.05, 3.63) is 42.0 Å². The molecule has 1 aliphatic heterocycles. The molecule has 3 heteroatoms. The molecule has 1 N–H and O–H groups in total. The Kier molecular flexibility index (Phi) is 4.96. The average Bonchev–Trinajstić information content (AvgIpc) is 2.48. The average molecular weight is 273 g/mol. The van der Waals surface area contributed by atoms with E-state index in [-0.39, 0.29) is 0 Å². The molecule has 20 heavy (non-hydrogen) atoms. The number of hydrogen-bond donors (Lipinski definition) is 1. The highest BCUT2D eigenvalue weighted by atomic mass is 16.4. The molecule has 1 aliphatic rings. The SMILES string of the molecule is CCC1(C(=O)O)CCCN(CC=Cc2ccccc2)C1. The summed E-state index contributed by atoms with van der Waals surface area (Å²) in [6.07, 6.45) is 6.71. The van der Waals surface area contributed by atoms with Crippen molar-refractivity contribution < 1.29 is 9.90 Å². The Hall–Kier alpha value is -1.61. The predicted molar refractivity (Wildman–Crippen MR) is 81.5 cm³/mol. The van der Waals surface area contributed by atoms with E-state index in [1.165, 1.54) is 5.56 Å². The second kappa shape index (κ2) is 6.71. The third-order valence-corrected chi connectivity index (χ3v) is 4.26. The first-order valence-corrected chi connectivity index (χ1v) is 7.34. The molecule has 0 bridgehead atoms. The first kappa shape index (κ1) is 14.8. The van der Waals surface area contributed by atoms with E-state index in [2.05, 4.69) is 29.2 Å². The Labute approximate surface area is 120 Å². The quantitative estimate of drug-likeness (QED) is 0.895. The summed E-state index contributed by atoms with van der Waals surface area (Å²) in [5, 5.41) is 9.47. The van der Waals surface area contributed by atoms with Gasteiger partial charge in [-0.05, 0) is 31.4 Å². The first-order chi connectivity index (χ1) is 9.66. The topological polar surface area (TPSA) is 40.5 Å². The van der Waals surface area contributed by atoms with Crippen LogP contribution >= 0.6 is 0 Å². The van der Waals surface area contributed by atoms with Crippen molar-refractivity contribution in [3.8, 4) is 0 Å². The summed E-state index contributed by atoms with van der Waals surface area (Å²) in [5.41, 5.74) is 0.642. The number of benzene rings is 1. The van der Waals surface area contributed by atoms with Gasteiger partial charge in [-0.2, -0.15) is 0 Å². The predicted octanol–water partition coefficient (Wildman–Crippen LogP) is 3.28. The van der Waals surface area contributed by atoms with Gasteiger partial charge in [0.15, 0.2) is 0 Å². The zero-order chi connectivity index (χ0) is 14.4. The Morgan fingerprint density at radius 3 is 2.80 bits per heavy atom. The van der Waals surface area contributed by atoms with E-state index in [1.807, 2.05) is 25.1 Å². The zero-order valence-corrected chi connectivity index (χ0v) is 12.1. The van der Waals surface area contributed by atoms with Crippen molar-refractivity contribution >= 4 is 12.0 Å². The van der Waals surface area contributed by atoms with Crippen LogP contribution in [0.5, 0.6) is 0 Å². The van der Waals surface area contributed by atoms with Crippen LogP contribution in [0.1, 0.15) is 31.7 Å². The zero-order valence-electron chi connectivity index (χ0n) is 12.1. The molecule has 1 unspecified atom stereocenters. The molecule has 0 amide bonds. The lowest BCUT2D eigenvalue weighted by atomic mass is 9.77. The van der Waals surface area contributed by atoms with Crippen molar-refractivity contribution in [3.63, 3.8) is 0 Å². The molecule has 1 fully saturated rings. The van der Waals surface area contributed by atoms with Gasteiger partial charge in [-0.3, -0.25) is 9.69 Å². The van der Waals surface area contributed by atoms with Crippen LogP contribution in [0, 0.1) is 5.41 Å². The van der Waals surface area contributed by atoms with Gasteiger partial charge in [-0.1, -0.05) is 49.4 Å². The lowest BCUT2D eigenvalue weighted by Crippen LogP contribution is -2.47. The summed E-state index contributed by atoms with van der Waals surface area (Å²) in [6.45, 7) is 4.47. The molecular weight excluding hydrogens is 250 g/mol. The molecule has 1 aromatic carbocycles. The molecule has 2 rings (SSSR count). The Bertz CT molecular complexity index is 469. The molecule has 0 aromatic heterocycles. The highest BCUT2D eigenvalue weighted by Gasteiger charge is 2.40. The molecule has 1 atom stereocenters. The Morgan fingerprint density at radius 2 is 2.15 bits per heavy atom. The molecule has 1 heterocycles. The molecule has 0 radical (unpaired) electrons. The van der Waals surface area contributed by atoms with Crippen LogP contribution in [0.3, 0.4) is 0 Å². The number of aliphatic carboxylic acids is 1. The van der Waals surface area contributed by atoms with E-state index in [4.69, 9.17) is 0 Å². The van der Waals surface area contributed by atoms with Crippen molar-refractivity contribution in [1.82, 2.24) is 4.90 Å². The van der Waals surface area contributed by atoms with Crippen LogP contribution < -0.4 is 0 Å². The first-order valence-electron chi connectivity index (χ1n) is 7.34. The smallest absolute Gasteiger partial charge is 0.310 e. The van der Waals surface area contributed by atoms with Gasteiger partial charge in [0.25, 0.3) is 0 Å². The van der Waals surface area contributed by atoms with Gasteiger partial charge in [-0.25, -0.2) is 0 Å². The molecule has 1 saturated heterocycles. The van der Waals surface area contributed by atoms with E-state index in [1.54, 1.807) is 0 Å². The van der Waals surface area contributed by atoms with Crippen LogP contribution in [0.2, 0.25) is 0 Å². The fraction of sp³-hybridized carbons (Fsp3) is 0.471. The minimum atomic E-state index is -0.642. The molecule has 3 nitrogen and oxygen atoms in total. The second-order valence-electron chi connectivity index (χ2n) is 5.59. The minimum Gasteiger partial charge on any atom is -0.481 e. The highest BCUT2D eigenvalue weighted by Crippen LogP contribution is 2.33. The van der Waals surface area contributed by atoms with Crippen LogP contribution in [-0.2, 0) is 4.79 Å². The van der Waals surface area contributed by atoms with E-state index >= 15 is 0 Å². The van der Waals surface area contributed by atoms with Gasteiger partial charge in [0.05, 0.1) is 5.41 Å². The van der Waals surface area contributed by atoms with Gasteiger partial charge < -0.3 is 5.11 Å². The maximum atomic E-state index is 11.5. The monoisotopic (exact) mass is 273 g/mol. The fourth-order valence-corrected chi connectivity index (χ4v) is 2.90. The summed E-state index contributed by atoms with van der Waals surface area (Å²) in [5.74, 6) is -0.642. The van der Waals surface area contributed by atoms with Crippen molar-refractivity contribution in [2.24, 2.45) is 5.41 Å². The number of rotatable bonds is 5. The lowest BCUT2D eigenvalue weighted by molar-refractivity contribution is -0.152. The molecule has 0 spiro atoms. The maximum absolute atomic E-state index is 11.5. The number of carboxylic acid groups (broad SMARTS) is 1. The highest BCUT2D eigenvalue weighted by molar-refractivity contribution is 5.75. The van der Waals surface area contributed by atoms with Gasteiger partial charge in [0.2, 0.25) is 0 Å². The summed E-state index contributed by atoms with van der Waals surface area (Å²) < 4.78 is 0. The van der Waals surface area contributed by atoms with Gasteiger partial charge >= 0.3 is 5.97 Å². The number of nitrogens with zero attached hydrogens (tertiary/aromatic N) is 1. The van der Waals surface area contributed by atoms with Gasteiger partial charge in [0.1, 0.15) is 0 Å². The number of likely N-dealkylation sites (tertiary alicyclic amines) is 1. The third-order valence-electron chi connectivity index (χ3n) is 4.26. The van der Waals surface area contributed by atoms with Crippen LogP contribution in [0.25, 0.3) is 6.08 Å². The van der Waals surface area contributed by atoms with Crippen LogP contribution in [0.15, 0.2) is 36.4 Å². The Morgan fingerprint density at radius 1 is 1.40 bits per heavy atom. The summed E-state index contributed by atoms with van der Waals surface area (Å²) in [6, 6.07) is 10.2. The van der Waals surface area contributed by atoms with Gasteiger partial charge in [0, 0.05) is 13.1 Å². The van der Waals surface area contributed by atoms with Crippen LogP contribution in [-0.4, -0.2) is 35.6 Å². The number of hydrogen-bond acceptors (Lipinski definition) is 2. The molecule has 108 valence electrons. The largest absolute Gasteiger partial charge is 0.481 e. The molecule has 1 aromatic rings. The number of carboxylic acids is 1. The number of piperidine rings is 1. The Balaban J connectivity index is 1.93. The van der Waals surface area contributed by atoms with Gasteiger partial charge in [-0.15, -0.1) is 0 Å². The molecular formula is C17H23NO2. The van der Waals surface area contributed by atoms with E-state index < -0.39 is 11.4 Å². The van der Waals surface area contributed by atoms with E-state index in [0.717, 1.165) is 25.9 Å². The summed E-state index contributed by atoms with van der Waals surface area (Å²) in [7, 11) is 0. The standard InChI is InChI=1S/C17H23NO2/c1-2-17(16(19)20)11-7-13-18(14-17)12-6-10-15-8-4-3-5-9-15/h3-6,8-10H,2,7,11-14H2,1H3,(H,19,20). The summed E-state index contributed by atoms with van der Waals surface area (Å²) in [4.78, 5) is 13.8. The molecule has 0 saturated carbocycles. The number of carbonyl (C=O) groups is 1. The van der Waals surface area contributed by atoms with E-state index in [0.29, 0.717) is 13.0 Å². The normalized spacial score (nSPS) is 24.1. The maximum Gasteiger partial charge on any atom is 0.310 e. The van der Waals surface area contributed by atoms with Crippen molar-refractivity contribution in [2.75, 3.05) is 19.6 Å². The fourth-order valence-electron chi connectivity index (χ4n) is 2.90. The molecule has 0 aliphatic carbocycles.